The van der Waals surface area contributed by atoms with Crippen LogP contribution in [0.4, 0.5) is 11.4 Å². The summed E-state index contributed by atoms with van der Waals surface area (Å²) in [5.74, 6) is -0.404. The van der Waals surface area contributed by atoms with Crippen LogP contribution in [0.25, 0.3) is 0 Å². The van der Waals surface area contributed by atoms with Crippen molar-refractivity contribution >= 4 is 29.2 Å². The minimum atomic E-state index is -0.518. The van der Waals surface area contributed by atoms with Gasteiger partial charge in [0.2, 0.25) is 5.91 Å². The molecular formula is C22H26N2O5. The summed E-state index contributed by atoms with van der Waals surface area (Å²) in [6, 6.07) is 14.4. The van der Waals surface area contributed by atoms with Crippen molar-refractivity contribution in [3.63, 3.8) is 0 Å². The number of benzene rings is 2. The highest BCUT2D eigenvalue weighted by atomic mass is 16.5. The van der Waals surface area contributed by atoms with Crippen molar-refractivity contribution in [2.24, 2.45) is 0 Å². The number of carbonyl (C=O) groups is 3. The first-order chi connectivity index (χ1) is 14.0. The van der Waals surface area contributed by atoms with Gasteiger partial charge in [0.25, 0.3) is 5.91 Å². The Morgan fingerprint density at radius 3 is 2.31 bits per heavy atom. The molecule has 29 heavy (non-hydrogen) atoms. The Morgan fingerprint density at radius 2 is 1.62 bits per heavy atom. The van der Waals surface area contributed by atoms with E-state index >= 15 is 0 Å². The first-order valence-electron chi connectivity index (χ1n) is 9.51. The number of esters is 1. The Kier molecular flexibility index (Phi) is 8.69. The van der Waals surface area contributed by atoms with Gasteiger partial charge in [-0.15, -0.1) is 0 Å². The third-order valence-electron chi connectivity index (χ3n) is 4.02. The van der Waals surface area contributed by atoms with Crippen LogP contribution in [0.2, 0.25) is 0 Å². The number of anilines is 2. The SMILES string of the molecule is CCOc1ccc(NC(=O)COC(=O)CCCC(=O)Nc2ccccc2C)cc1. The molecule has 2 aromatic carbocycles. The maximum Gasteiger partial charge on any atom is 0.306 e. The van der Waals surface area contributed by atoms with Gasteiger partial charge in [-0.25, -0.2) is 0 Å². The quantitative estimate of drug-likeness (QED) is 0.596. The summed E-state index contributed by atoms with van der Waals surface area (Å²) in [7, 11) is 0. The zero-order chi connectivity index (χ0) is 21.1. The fourth-order valence-corrected chi connectivity index (χ4v) is 2.54. The van der Waals surface area contributed by atoms with E-state index < -0.39 is 11.9 Å². The summed E-state index contributed by atoms with van der Waals surface area (Å²) in [6.07, 6.45) is 0.608. The summed E-state index contributed by atoms with van der Waals surface area (Å²) >= 11 is 0. The van der Waals surface area contributed by atoms with Crippen LogP contribution >= 0.6 is 0 Å². The lowest BCUT2D eigenvalue weighted by molar-refractivity contribution is -0.147. The van der Waals surface area contributed by atoms with E-state index in [9.17, 15) is 14.4 Å². The fraction of sp³-hybridized carbons (Fsp3) is 0.318. The Labute approximate surface area is 170 Å². The van der Waals surface area contributed by atoms with Crippen LogP contribution in [0, 0.1) is 6.92 Å². The largest absolute Gasteiger partial charge is 0.494 e. The highest BCUT2D eigenvalue weighted by Crippen LogP contribution is 2.16. The third kappa shape index (κ3) is 8.04. The molecule has 7 heteroatoms. The number of para-hydroxylation sites is 1. The highest BCUT2D eigenvalue weighted by Gasteiger charge is 2.10. The van der Waals surface area contributed by atoms with E-state index in [0.29, 0.717) is 24.5 Å². The molecule has 154 valence electrons. The molecule has 0 saturated heterocycles. The predicted octanol–water partition coefficient (Wildman–Crippen LogP) is 3.68. The van der Waals surface area contributed by atoms with Crippen molar-refractivity contribution in [2.45, 2.75) is 33.1 Å². The number of hydrogen-bond donors (Lipinski definition) is 2. The summed E-state index contributed by atoms with van der Waals surface area (Å²) in [5.41, 5.74) is 2.31. The average Bonchev–Trinajstić information content (AvgIpc) is 2.70. The number of carbonyl (C=O) groups excluding carboxylic acids is 3. The molecule has 2 aromatic rings. The number of amides is 2. The molecule has 0 unspecified atom stereocenters. The Morgan fingerprint density at radius 1 is 0.897 bits per heavy atom. The molecule has 0 fully saturated rings. The molecule has 0 spiro atoms. The number of aryl methyl sites for hydroxylation is 1. The van der Waals surface area contributed by atoms with E-state index in [4.69, 9.17) is 9.47 Å². The number of rotatable bonds is 10. The van der Waals surface area contributed by atoms with E-state index in [1.807, 2.05) is 38.1 Å². The molecular weight excluding hydrogens is 372 g/mol. The van der Waals surface area contributed by atoms with Crippen molar-refractivity contribution < 1.29 is 23.9 Å². The Balaban J connectivity index is 1.63. The minimum Gasteiger partial charge on any atom is -0.494 e. The lowest BCUT2D eigenvalue weighted by atomic mass is 10.2. The van der Waals surface area contributed by atoms with Gasteiger partial charge in [-0.05, 0) is 56.2 Å². The van der Waals surface area contributed by atoms with Crippen molar-refractivity contribution in [1.82, 2.24) is 0 Å². The molecule has 7 nitrogen and oxygen atoms in total. The normalized spacial score (nSPS) is 10.1. The average molecular weight is 398 g/mol. The maximum absolute atomic E-state index is 11.9. The summed E-state index contributed by atoms with van der Waals surface area (Å²) in [4.78, 5) is 35.6. The van der Waals surface area contributed by atoms with Gasteiger partial charge in [0.1, 0.15) is 5.75 Å². The Bertz CT molecular complexity index is 833. The highest BCUT2D eigenvalue weighted by molar-refractivity contribution is 5.93. The molecule has 2 amide bonds. The molecule has 0 aliphatic rings. The van der Waals surface area contributed by atoms with Gasteiger partial charge < -0.3 is 20.1 Å². The van der Waals surface area contributed by atoms with Crippen molar-refractivity contribution in [2.75, 3.05) is 23.8 Å². The number of nitrogens with one attached hydrogen (secondary N) is 2. The standard InChI is InChI=1S/C22H26N2O5/c1-3-28-18-13-11-17(12-14-18)23-21(26)15-29-22(27)10-6-9-20(25)24-19-8-5-4-7-16(19)2/h4-5,7-8,11-14H,3,6,9-10,15H2,1-2H3,(H,23,26)(H,24,25). The first-order valence-corrected chi connectivity index (χ1v) is 9.51. The van der Waals surface area contributed by atoms with Gasteiger partial charge in [0.05, 0.1) is 6.61 Å². The topological polar surface area (TPSA) is 93.7 Å². The van der Waals surface area contributed by atoms with Crippen LogP contribution < -0.4 is 15.4 Å². The van der Waals surface area contributed by atoms with E-state index in [1.54, 1.807) is 24.3 Å². The van der Waals surface area contributed by atoms with Gasteiger partial charge in [-0.2, -0.15) is 0 Å². The molecule has 0 atom stereocenters. The minimum absolute atomic E-state index is 0.0670. The van der Waals surface area contributed by atoms with Crippen molar-refractivity contribution in [1.29, 1.82) is 0 Å². The van der Waals surface area contributed by atoms with Crippen LogP contribution in [-0.4, -0.2) is 31.0 Å². The van der Waals surface area contributed by atoms with Crippen molar-refractivity contribution in [3.05, 3.63) is 54.1 Å². The van der Waals surface area contributed by atoms with E-state index in [0.717, 1.165) is 11.3 Å². The van der Waals surface area contributed by atoms with E-state index in [2.05, 4.69) is 10.6 Å². The lowest BCUT2D eigenvalue weighted by Gasteiger charge is -2.09. The molecule has 0 bridgehead atoms. The molecule has 0 aliphatic carbocycles. The van der Waals surface area contributed by atoms with E-state index in [1.165, 1.54) is 0 Å². The maximum atomic E-state index is 11.9. The number of hydrogen-bond acceptors (Lipinski definition) is 5. The molecule has 0 heterocycles. The second-order valence-electron chi connectivity index (χ2n) is 6.38. The smallest absolute Gasteiger partial charge is 0.306 e. The molecule has 2 N–H and O–H groups in total. The summed E-state index contributed by atoms with van der Waals surface area (Å²) in [6.45, 7) is 3.99. The fourth-order valence-electron chi connectivity index (χ4n) is 2.54. The van der Waals surface area contributed by atoms with Gasteiger partial charge in [0.15, 0.2) is 6.61 Å². The zero-order valence-corrected chi connectivity index (χ0v) is 16.7. The molecule has 0 aliphatic heterocycles. The summed E-state index contributed by atoms with van der Waals surface area (Å²) in [5, 5.41) is 5.45. The van der Waals surface area contributed by atoms with Gasteiger partial charge in [-0.1, -0.05) is 18.2 Å². The molecule has 2 rings (SSSR count). The third-order valence-corrected chi connectivity index (χ3v) is 4.02. The van der Waals surface area contributed by atoms with Crippen LogP contribution in [0.15, 0.2) is 48.5 Å². The molecule has 0 radical (unpaired) electrons. The van der Waals surface area contributed by atoms with Gasteiger partial charge in [0, 0.05) is 24.2 Å². The molecule has 0 aromatic heterocycles. The predicted molar refractivity (Wildman–Crippen MR) is 111 cm³/mol. The second-order valence-corrected chi connectivity index (χ2v) is 6.38. The van der Waals surface area contributed by atoms with Gasteiger partial charge in [-0.3, -0.25) is 14.4 Å². The van der Waals surface area contributed by atoms with Gasteiger partial charge >= 0.3 is 5.97 Å². The summed E-state index contributed by atoms with van der Waals surface area (Å²) < 4.78 is 10.3. The number of ether oxygens (including phenoxy) is 2. The zero-order valence-electron chi connectivity index (χ0n) is 16.7. The monoisotopic (exact) mass is 398 g/mol. The van der Waals surface area contributed by atoms with Crippen LogP contribution in [0.5, 0.6) is 5.75 Å². The molecule has 0 saturated carbocycles. The van der Waals surface area contributed by atoms with Crippen LogP contribution in [0.3, 0.4) is 0 Å². The van der Waals surface area contributed by atoms with Crippen LogP contribution in [0.1, 0.15) is 31.7 Å². The van der Waals surface area contributed by atoms with Crippen molar-refractivity contribution in [3.8, 4) is 5.75 Å². The first kappa shape index (κ1) is 21.9. The second kappa shape index (κ2) is 11.5. The lowest BCUT2D eigenvalue weighted by Crippen LogP contribution is -2.21. The Hall–Kier alpha value is -3.35. The van der Waals surface area contributed by atoms with Crippen LogP contribution in [-0.2, 0) is 19.1 Å². The van der Waals surface area contributed by atoms with E-state index in [-0.39, 0.29) is 25.4 Å².